The smallest absolute Gasteiger partial charge is 0.423 e. The van der Waals surface area contributed by atoms with Crippen molar-refractivity contribution in [3.05, 3.63) is 11.8 Å². The Kier molecular flexibility index (Phi) is 1.69. The minimum absolute atomic E-state index is 0.748. The molecule has 1 aliphatic heterocycles. The summed E-state index contributed by atoms with van der Waals surface area (Å²) in [5.74, 6) is -1.01. The van der Waals surface area contributed by atoms with E-state index in [-0.39, 0.29) is 0 Å². The number of ether oxygens (including phenoxy) is 2. The molecule has 0 aromatic heterocycles. The average Bonchev–Trinajstić information content (AvgIpc) is 1.82. The van der Waals surface area contributed by atoms with Crippen molar-refractivity contribution in [2.75, 3.05) is 0 Å². The second kappa shape index (κ2) is 2.24. The average molecular weight is 190 g/mol. The largest absolute Gasteiger partial charge is 0.509 e. The third-order valence-electron chi connectivity index (χ3n) is 1.11. The van der Waals surface area contributed by atoms with Gasteiger partial charge in [0.25, 0.3) is 0 Å². The molecule has 0 saturated heterocycles. The number of hydrogen-bond donors (Lipinski definition) is 0. The van der Waals surface area contributed by atoms with Crippen LogP contribution in [0, 0.1) is 0 Å². The number of halogens is 5. The van der Waals surface area contributed by atoms with Crippen LogP contribution in [0.4, 0.5) is 22.0 Å². The van der Waals surface area contributed by atoms with Gasteiger partial charge in [-0.2, -0.15) is 22.0 Å². The molecule has 0 radical (unpaired) electrons. The van der Waals surface area contributed by atoms with Crippen LogP contribution in [0.15, 0.2) is 11.8 Å². The maximum atomic E-state index is 12.1. The fourth-order valence-electron chi connectivity index (χ4n) is 0.536. The number of hydrogen-bond acceptors (Lipinski definition) is 2. The van der Waals surface area contributed by atoms with Crippen molar-refractivity contribution < 1.29 is 31.4 Å². The number of rotatable bonds is 0. The van der Waals surface area contributed by atoms with E-state index in [0.717, 1.165) is 6.92 Å². The summed E-state index contributed by atoms with van der Waals surface area (Å²) in [6.07, 6.45) is -9.79. The van der Waals surface area contributed by atoms with Gasteiger partial charge in [0.15, 0.2) is 5.76 Å². The Bertz CT molecular complexity index is 210. The molecule has 1 rings (SSSR count). The van der Waals surface area contributed by atoms with Crippen molar-refractivity contribution in [1.82, 2.24) is 0 Å². The van der Waals surface area contributed by atoms with Crippen LogP contribution < -0.4 is 0 Å². The maximum absolute atomic E-state index is 12.1. The van der Waals surface area contributed by atoms with Crippen molar-refractivity contribution in [3.8, 4) is 0 Å². The third kappa shape index (κ3) is 1.19. The lowest BCUT2D eigenvalue weighted by atomic mass is 10.5. The maximum Gasteiger partial charge on any atom is 0.509 e. The fourth-order valence-corrected chi connectivity index (χ4v) is 0.536. The highest BCUT2D eigenvalue weighted by Gasteiger charge is 2.66. The molecular weight excluding hydrogens is 187 g/mol. The standard InChI is InChI=1S/C5H3F5O2/c1-2-3(6)12-5(9,10)4(7,8)11-2/h1H3. The molecule has 0 saturated carbocycles. The zero-order valence-electron chi connectivity index (χ0n) is 5.71. The Morgan fingerprint density at radius 3 is 1.83 bits per heavy atom. The molecule has 70 valence electrons. The second-order valence-corrected chi connectivity index (χ2v) is 2.07. The van der Waals surface area contributed by atoms with Crippen LogP contribution in [0.1, 0.15) is 6.92 Å². The second-order valence-electron chi connectivity index (χ2n) is 2.07. The molecule has 2 nitrogen and oxygen atoms in total. The van der Waals surface area contributed by atoms with Gasteiger partial charge in [-0.05, 0) is 6.92 Å². The Morgan fingerprint density at radius 2 is 1.42 bits per heavy atom. The first-order chi connectivity index (χ1) is 5.26. The number of alkyl halides is 4. The van der Waals surface area contributed by atoms with Crippen molar-refractivity contribution in [1.29, 1.82) is 0 Å². The van der Waals surface area contributed by atoms with Crippen LogP contribution in [-0.4, -0.2) is 12.2 Å². The molecule has 7 heteroatoms. The molecule has 0 aromatic carbocycles. The van der Waals surface area contributed by atoms with Gasteiger partial charge in [-0.1, -0.05) is 0 Å². The van der Waals surface area contributed by atoms with Gasteiger partial charge in [-0.3, -0.25) is 0 Å². The molecular formula is C5H3F5O2. The van der Waals surface area contributed by atoms with E-state index in [2.05, 4.69) is 9.47 Å². The highest BCUT2D eigenvalue weighted by Crippen LogP contribution is 2.43. The minimum Gasteiger partial charge on any atom is -0.423 e. The van der Waals surface area contributed by atoms with Gasteiger partial charge in [0.1, 0.15) is 0 Å². The fraction of sp³-hybridized carbons (Fsp3) is 0.600. The summed E-state index contributed by atoms with van der Waals surface area (Å²) in [4.78, 5) is 0. The first-order valence-electron chi connectivity index (χ1n) is 2.76. The summed E-state index contributed by atoms with van der Waals surface area (Å²) in [6, 6.07) is -1.84. The predicted octanol–water partition coefficient (Wildman–Crippen LogP) is 2.38. The van der Waals surface area contributed by atoms with Crippen molar-refractivity contribution >= 4 is 0 Å². The lowest BCUT2D eigenvalue weighted by Gasteiger charge is -2.29. The molecule has 0 fully saturated rings. The Labute approximate surface area is 63.6 Å². The first kappa shape index (κ1) is 9.08. The zero-order valence-corrected chi connectivity index (χ0v) is 5.71. The summed E-state index contributed by atoms with van der Waals surface area (Å²) >= 11 is 0. The van der Waals surface area contributed by atoms with Gasteiger partial charge in [-0.25, -0.2) is 0 Å². The van der Waals surface area contributed by atoms with E-state index in [1.165, 1.54) is 0 Å². The number of allylic oxidation sites excluding steroid dienone is 1. The lowest BCUT2D eigenvalue weighted by molar-refractivity contribution is -0.432. The van der Waals surface area contributed by atoms with E-state index >= 15 is 0 Å². The van der Waals surface area contributed by atoms with Crippen molar-refractivity contribution in [3.63, 3.8) is 0 Å². The summed E-state index contributed by atoms with van der Waals surface area (Å²) in [7, 11) is 0. The van der Waals surface area contributed by atoms with E-state index in [0.29, 0.717) is 0 Å². The van der Waals surface area contributed by atoms with E-state index in [1.54, 1.807) is 0 Å². The topological polar surface area (TPSA) is 18.5 Å². The SMILES string of the molecule is CC1=C(F)OC(F)(F)C(F)(F)O1. The van der Waals surface area contributed by atoms with Gasteiger partial charge in [0.2, 0.25) is 0 Å². The van der Waals surface area contributed by atoms with Crippen LogP contribution in [-0.2, 0) is 9.47 Å². The first-order valence-corrected chi connectivity index (χ1v) is 2.76. The molecule has 0 aromatic rings. The highest BCUT2D eigenvalue weighted by molar-refractivity contribution is 4.97. The molecule has 0 unspecified atom stereocenters. The summed E-state index contributed by atoms with van der Waals surface area (Å²) < 4.78 is 66.7. The van der Waals surface area contributed by atoms with Gasteiger partial charge in [0.05, 0.1) is 0 Å². The van der Waals surface area contributed by atoms with Crippen LogP contribution in [0.5, 0.6) is 0 Å². The molecule has 12 heavy (non-hydrogen) atoms. The van der Waals surface area contributed by atoms with E-state index in [9.17, 15) is 22.0 Å². The summed E-state index contributed by atoms with van der Waals surface area (Å²) in [6.45, 7) is 0.748. The normalized spacial score (nSPS) is 26.2. The molecule has 0 bridgehead atoms. The molecule has 0 spiro atoms. The monoisotopic (exact) mass is 190 g/mol. The third-order valence-corrected chi connectivity index (χ3v) is 1.11. The molecule has 1 aliphatic rings. The molecule has 0 N–H and O–H groups in total. The lowest BCUT2D eigenvalue weighted by Crippen LogP contribution is -2.47. The minimum atomic E-state index is -4.96. The van der Waals surface area contributed by atoms with Gasteiger partial charge in [0, 0.05) is 0 Å². The zero-order chi connectivity index (χ0) is 9.57. The molecule has 1 heterocycles. The Balaban J connectivity index is 3.00. The van der Waals surface area contributed by atoms with E-state index < -0.39 is 24.0 Å². The molecule has 0 atom stereocenters. The van der Waals surface area contributed by atoms with Crippen molar-refractivity contribution in [2.45, 2.75) is 19.1 Å². The van der Waals surface area contributed by atoms with Crippen LogP contribution in [0.25, 0.3) is 0 Å². The van der Waals surface area contributed by atoms with Crippen LogP contribution in [0.3, 0.4) is 0 Å². The van der Waals surface area contributed by atoms with Crippen LogP contribution in [0.2, 0.25) is 0 Å². The van der Waals surface area contributed by atoms with Gasteiger partial charge >= 0.3 is 18.2 Å². The van der Waals surface area contributed by atoms with Crippen LogP contribution >= 0.6 is 0 Å². The highest BCUT2D eigenvalue weighted by atomic mass is 19.3. The summed E-state index contributed by atoms with van der Waals surface area (Å²) in [5, 5.41) is 0. The summed E-state index contributed by atoms with van der Waals surface area (Å²) in [5.41, 5.74) is 0. The van der Waals surface area contributed by atoms with E-state index in [1.807, 2.05) is 0 Å². The molecule has 0 aliphatic carbocycles. The Morgan fingerprint density at radius 1 is 1.00 bits per heavy atom. The van der Waals surface area contributed by atoms with Gasteiger partial charge < -0.3 is 9.47 Å². The quantitative estimate of drug-likeness (QED) is 0.546. The van der Waals surface area contributed by atoms with Gasteiger partial charge in [-0.15, -0.1) is 0 Å². The van der Waals surface area contributed by atoms with E-state index in [4.69, 9.17) is 0 Å². The van der Waals surface area contributed by atoms with Crippen molar-refractivity contribution in [2.24, 2.45) is 0 Å². The Hall–Kier alpha value is -1.01. The predicted molar refractivity (Wildman–Crippen MR) is 25.9 cm³/mol. The molecule has 0 amide bonds.